The molecule has 0 radical (unpaired) electrons. The van der Waals surface area contributed by atoms with Crippen molar-refractivity contribution < 1.29 is 13.2 Å². The minimum Gasteiger partial charge on any atom is -0.290 e. The molecule has 0 aliphatic rings. The van der Waals surface area contributed by atoms with Gasteiger partial charge in [-0.25, -0.2) is 23.4 Å². The molecule has 9 heteroatoms. The summed E-state index contributed by atoms with van der Waals surface area (Å²) in [7, 11) is -3.41. The van der Waals surface area contributed by atoms with Crippen LogP contribution in [-0.2, 0) is 10.0 Å². The zero-order chi connectivity index (χ0) is 16.2. The average molecular weight is 321 g/mol. The van der Waals surface area contributed by atoms with Gasteiger partial charge in [0.2, 0.25) is 16.0 Å². The highest BCUT2D eigenvalue weighted by Crippen LogP contribution is 2.14. The number of anilines is 2. The molecule has 1 heterocycles. The van der Waals surface area contributed by atoms with Crippen LogP contribution in [0.25, 0.3) is 0 Å². The van der Waals surface area contributed by atoms with Gasteiger partial charge in [0.15, 0.2) is 0 Å². The number of hydrogen-bond donors (Lipinski definition) is 2. The Hall–Kier alpha value is -2.55. The number of rotatable bonds is 5. The molecule has 0 saturated heterocycles. The van der Waals surface area contributed by atoms with Gasteiger partial charge in [0, 0.05) is 11.3 Å². The van der Waals surface area contributed by atoms with Crippen molar-refractivity contribution in [3.63, 3.8) is 0 Å². The van der Waals surface area contributed by atoms with Gasteiger partial charge in [-0.3, -0.25) is 14.8 Å². The van der Waals surface area contributed by atoms with E-state index < -0.39 is 21.2 Å². The standard InChI is InChI=1S/C13H15N5O3S/c1-9(2)22(20,21)18-11-5-3-10(4-6-11)12(19)17-13-15-7-14-8-16-13/h3-9,18H,1-2H3,(H,14,15,16,17,19). The number of nitrogens with zero attached hydrogens (tertiary/aromatic N) is 3. The van der Waals surface area contributed by atoms with E-state index in [1.807, 2.05) is 0 Å². The van der Waals surface area contributed by atoms with Gasteiger partial charge >= 0.3 is 0 Å². The largest absolute Gasteiger partial charge is 0.290 e. The Balaban J connectivity index is 2.07. The summed E-state index contributed by atoms with van der Waals surface area (Å²) in [6.07, 6.45) is 2.54. The lowest BCUT2D eigenvalue weighted by atomic mass is 10.2. The van der Waals surface area contributed by atoms with Crippen LogP contribution in [0, 0.1) is 0 Å². The molecule has 1 aromatic heterocycles. The average Bonchev–Trinajstić information content (AvgIpc) is 2.48. The quantitative estimate of drug-likeness (QED) is 0.857. The summed E-state index contributed by atoms with van der Waals surface area (Å²) in [6.45, 7) is 3.16. The van der Waals surface area contributed by atoms with Crippen LogP contribution in [0.2, 0.25) is 0 Å². The highest BCUT2D eigenvalue weighted by molar-refractivity contribution is 7.93. The Morgan fingerprint density at radius 1 is 1.09 bits per heavy atom. The van der Waals surface area contributed by atoms with E-state index in [0.717, 1.165) is 0 Å². The van der Waals surface area contributed by atoms with Crippen molar-refractivity contribution in [3.8, 4) is 0 Å². The van der Waals surface area contributed by atoms with Crippen molar-refractivity contribution in [3.05, 3.63) is 42.5 Å². The molecule has 0 atom stereocenters. The van der Waals surface area contributed by atoms with E-state index in [9.17, 15) is 13.2 Å². The highest BCUT2D eigenvalue weighted by Gasteiger charge is 2.15. The minimum atomic E-state index is -3.41. The second-order valence-electron chi connectivity index (χ2n) is 4.69. The predicted molar refractivity (Wildman–Crippen MR) is 81.9 cm³/mol. The normalized spacial score (nSPS) is 11.2. The topological polar surface area (TPSA) is 114 Å². The van der Waals surface area contributed by atoms with E-state index in [1.165, 1.54) is 36.9 Å². The summed E-state index contributed by atoms with van der Waals surface area (Å²) >= 11 is 0. The first kappa shape index (κ1) is 15.8. The van der Waals surface area contributed by atoms with Crippen LogP contribution in [0.3, 0.4) is 0 Å². The molecule has 2 aromatic rings. The molecule has 116 valence electrons. The smallest absolute Gasteiger partial charge is 0.258 e. The number of carbonyl (C=O) groups excluding carboxylic acids is 1. The van der Waals surface area contributed by atoms with Gasteiger partial charge in [0.25, 0.3) is 5.91 Å². The first-order valence-corrected chi connectivity index (χ1v) is 7.98. The molecule has 22 heavy (non-hydrogen) atoms. The Morgan fingerprint density at radius 2 is 1.68 bits per heavy atom. The van der Waals surface area contributed by atoms with E-state index in [2.05, 4.69) is 25.0 Å². The first-order chi connectivity index (χ1) is 10.4. The summed E-state index contributed by atoms with van der Waals surface area (Å²) in [4.78, 5) is 23.2. The van der Waals surface area contributed by atoms with Crippen LogP contribution in [0.4, 0.5) is 11.6 Å². The maximum Gasteiger partial charge on any atom is 0.258 e. The molecular weight excluding hydrogens is 306 g/mol. The van der Waals surface area contributed by atoms with E-state index >= 15 is 0 Å². The number of hydrogen-bond acceptors (Lipinski definition) is 6. The molecule has 0 unspecified atom stereocenters. The highest BCUT2D eigenvalue weighted by atomic mass is 32.2. The molecule has 0 spiro atoms. The Labute approximate surface area is 128 Å². The van der Waals surface area contributed by atoms with Crippen molar-refractivity contribution in [2.45, 2.75) is 19.1 Å². The third-order valence-corrected chi connectivity index (χ3v) is 4.51. The van der Waals surface area contributed by atoms with Crippen LogP contribution in [0.1, 0.15) is 24.2 Å². The molecule has 1 aromatic carbocycles. The number of sulfonamides is 1. The number of carbonyl (C=O) groups is 1. The SMILES string of the molecule is CC(C)S(=O)(=O)Nc1ccc(C(=O)Nc2ncncn2)cc1. The predicted octanol–water partition coefficient (Wildman–Crippen LogP) is 1.27. The van der Waals surface area contributed by atoms with Gasteiger partial charge in [-0.1, -0.05) is 0 Å². The molecule has 0 bridgehead atoms. The third-order valence-electron chi connectivity index (χ3n) is 2.75. The van der Waals surface area contributed by atoms with Gasteiger partial charge in [-0.15, -0.1) is 0 Å². The molecule has 0 saturated carbocycles. The fourth-order valence-electron chi connectivity index (χ4n) is 1.45. The van der Waals surface area contributed by atoms with Gasteiger partial charge in [-0.05, 0) is 38.1 Å². The molecular formula is C13H15N5O3S. The summed E-state index contributed by atoms with van der Waals surface area (Å²) in [5, 5.41) is 1.96. The van der Waals surface area contributed by atoms with E-state index in [-0.39, 0.29) is 5.95 Å². The number of aromatic nitrogens is 3. The van der Waals surface area contributed by atoms with Crippen molar-refractivity contribution in [1.29, 1.82) is 0 Å². The van der Waals surface area contributed by atoms with Crippen LogP contribution >= 0.6 is 0 Å². The lowest BCUT2D eigenvalue weighted by Gasteiger charge is -2.11. The van der Waals surface area contributed by atoms with Gasteiger partial charge < -0.3 is 0 Å². The van der Waals surface area contributed by atoms with Crippen molar-refractivity contribution in [2.24, 2.45) is 0 Å². The number of nitrogens with one attached hydrogen (secondary N) is 2. The van der Waals surface area contributed by atoms with E-state index in [4.69, 9.17) is 0 Å². The lowest BCUT2D eigenvalue weighted by Crippen LogP contribution is -2.22. The fourth-order valence-corrected chi connectivity index (χ4v) is 2.15. The summed E-state index contributed by atoms with van der Waals surface area (Å²) in [5.74, 6) is -0.256. The molecule has 0 fully saturated rings. The monoisotopic (exact) mass is 321 g/mol. The summed E-state index contributed by atoms with van der Waals surface area (Å²) in [6, 6.07) is 6.05. The maximum absolute atomic E-state index is 12.0. The Morgan fingerprint density at radius 3 is 2.23 bits per heavy atom. The molecule has 1 amide bonds. The van der Waals surface area contributed by atoms with Crippen LogP contribution < -0.4 is 10.0 Å². The molecule has 2 N–H and O–H groups in total. The third kappa shape index (κ3) is 3.98. The van der Waals surface area contributed by atoms with Gasteiger partial charge in [0.05, 0.1) is 5.25 Å². The molecule has 0 aliphatic heterocycles. The molecule has 0 aliphatic carbocycles. The molecule has 2 rings (SSSR count). The van der Waals surface area contributed by atoms with Gasteiger partial charge in [-0.2, -0.15) is 0 Å². The number of benzene rings is 1. The van der Waals surface area contributed by atoms with Crippen LogP contribution in [0.15, 0.2) is 36.9 Å². The van der Waals surface area contributed by atoms with E-state index in [1.54, 1.807) is 13.8 Å². The Kier molecular flexibility index (Phi) is 4.66. The number of amides is 1. The first-order valence-electron chi connectivity index (χ1n) is 6.43. The minimum absolute atomic E-state index is 0.143. The van der Waals surface area contributed by atoms with Crippen LogP contribution in [-0.4, -0.2) is 34.5 Å². The zero-order valence-corrected chi connectivity index (χ0v) is 12.8. The van der Waals surface area contributed by atoms with Crippen molar-refractivity contribution in [2.75, 3.05) is 10.0 Å². The lowest BCUT2D eigenvalue weighted by molar-refractivity contribution is 0.102. The Bertz CT molecular complexity index is 745. The molecule has 8 nitrogen and oxygen atoms in total. The van der Waals surface area contributed by atoms with Crippen molar-refractivity contribution >= 4 is 27.6 Å². The summed E-state index contributed by atoms with van der Waals surface area (Å²) < 4.78 is 25.9. The van der Waals surface area contributed by atoms with E-state index in [0.29, 0.717) is 11.3 Å². The van der Waals surface area contributed by atoms with Crippen LogP contribution in [0.5, 0.6) is 0 Å². The fraction of sp³-hybridized carbons (Fsp3) is 0.231. The van der Waals surface area contributed by atoms with Crippen molar-refractivity contribution in [1.82, 2.24) is 15.0 Å². The second-order valence-corrected chi connectivity index (χ2v) is 6.93. The summed E-state index contributed by atoms with van der Waals surface area (Å²) in [5.41, 5.74) is 0.748. The second kappa shape index (κ2) is 6.48. The van der Waals surface area contributed by atoms with Gasteiger partial charge in [0.1, 0.15) is 12.7 Å². The zero-order valence-electron chi connectivity index (χ0n) is 12.0. The maximum atomic E-state index is 12.0.